The minimum absolute atomic E-state index is 0.0731. The van der Waals surface area contributed by atoms with Gasteiger partial charge in [-0.2, -0.15) is 0 Å². The maximum atomic E-state index is 14.4. The van der Waals surface area contributed by atoms with Crippen molar-refractivity contribution in [3.63, 3.8) is 0 Å². The lowest BCUT2D eigenvalue weighted by Crippen LogP contribution is -2.61. The monoisotopic (exact) mass is 930 g/mol. The van der Waals surface area contributed by atoms with E-state index >= 15 is 0 Å². The van der Waals surface area contributed by atoms with Crippen LogP contribution in [0.1, 0.15) is 119 Å². The molecule has 1 aliphatic carbocycles. The van der Waals surface area contributed by atoms with Gasteiger partial charge in [-0.05, 0) is 94.6 Å². The molecule has 3 heterocycles. The first-order chi connectivity index (χ1) is 31.2. The summed E-state index contributed by atoms with van der Waals surface area (Å²) in [6.45, 7) is 12.1. The van der Waals surface area contributed by atoms with E-state index in [2.05, 4.69) is 0 Å². The number of hydrogen-bond acceptors (Lipinski definition) is 14. The molecule has 4 rings (SSSR count). The summed E-state index contributed by atoms with van der Waals surface area (Å²) in [6.07, 6.45) is 8.21. The Morgan fingerprint density at radius 2 is 1.56 bits per heavy atom. The molecule has 2 bridgehead atoms. The van der Waals surface area contributed by atoms with Crippen LogP contribution in [0.2, 0.25) is 0 Å². The molecule has 3 aliphatic heterocycles. The fourth-order valence-electron chi connectivity index (χ4n) is 10.1. The topological polar surface area (TPSA) is 216 Å². The molecule has 2 saturated heterocycles. The van der Waals surface area contributed by atoms with Crippen LogP contribution in [0.5, 0.6) is 0 Å². The predicted molar refractivity (Wildman–Crippen MR) is 247 cm³/mol. The third-order valence-corrected chi connectivity index (χ3v) is 14.7. The summed E-state index contributed by atoms with van der Waals surface area (Å²) >= 11 is 0. The number of ketones is 3. The number of ether oxygens (including phenoxy) is 5. The highest BCUT2D eigenvalue weighted by molar-refractivity contribution is 6.39. The van der Waals surface area contributed by atoms with Crippen LogP contribution in [0.15, 0.2) is 47.6 Å². The molecular formula is C51H79NO14. The Morgan fingerprint density at radius 3 is 2.23 bits per heavy atom. The highest BCUT2D eigenvalue weighted by Crippen LogP contribution is 2.38. The zero-order valence-electron chi connectivity index (χ0n) is 40.9. The van der Waals surface area contributed by atoms with E-state index in [9.17, 15) is 44.4 Å². The van der Waals surface area contributed by atoms with Crippen LogP contribution in [-0.2, 0) is 47.7 Å². The second kappa shape index (κ2) is 25.3. The number of esters is 1. The second-order valence-corrected chi connectivity index (χ2v) is 19.6. The number of carbonyl (C=O) groups is 5. The molecule has 1 unspecified atom stereocenters. The lowest BCUT2D eigenvalue weighted by Gasteiger charge is -2.42. The van der Waals surface area contributed by atoms with Crippen molar-refractivity contribution in [3.8, 4) is 0 Å². The minimum Gasteiger partial charge on any atom is -0.460 e. The number of carbonyl (C=O) groups excluding carboxylic acids is 5. The third-order valence-electron chi connectivity index (χ3n) is 14.7. The van der Waals surface area contributed by atoms with E-state index in [0.29, 0.717) is 56.9 Å². The van der Waals surface area contributed by atoms with Crippen molar-refractivity contribution in [1.29, 1.82) is 0 Å². The first kappa shape index (κ1) is 55.2. The van der Waals surface area contributed by atoms with E-state index in [-0.39, 0.29) is 49.5 Å². The van der Waals surface area contributed by atoms with Crippen molar-refractivity contribution >= 4 is 29.2 Å². The summed E-state index contributed by atoms with van der Waals surface area (Å²) in [4.78, 5) is 71.8. The molecule has 0 spiro atoms. The molecular weight excluding hydrogens is 851 g/mol. The van der Waals surface area contributed by atoms with Crippen LogP contribution >= 0.6 is 0 Å². The molecule has 0 aromatic rings. The summed E-state index contributed by atoms with van der Waals surface area (Å²) in [5.41, 5.74) is 1.13. The third kappa shape index (κ3) is 13.9. The van der Waals surface area contributed by atoms with E-state index in [4.69, 9.17) is 23.7 Å². The van der Waals surface area contributed by atoms with Gasteiger partial charge in [0.1, 0.15) is 30.1 Å². The molecule has 66 heavy (non-hydrogen) atoms. The molecule has 0 aromatic heterocycles. The van der Waals surface area contributed by atoms with Gasteiger partial charge in [-0.25, -0.2) is 4.79 Å². The Bertz CT molecular complexity index is 1790. The van der Waals surface area contributed by atoms with Crippen molar-refractivity contribution < 1.29 is 68.1 Å². The van der Waals surface area contributed by atoms with Crippen LogP contribution in [0.4, 0.5) is 0 Å². The Labute approximate surface area is 392 Å². The number of hydrogen-bond donors (Lipinski definition) is 4. The second-order valence-electron chi connectivity index (χ2n) is 19.6. The summed E-state index contributed by atoms with van der Waals surface area (Å²) in [5.74, 6) is -9.41. The molecule has 372 valence electrons. The van der Waals surface area contributed by atoms with E-state index < -0.39 is 102 Å². The average Bonchev–Trinajstić information content (AvgIpc) is 3.30. The van der Waals surface area contributed by atoms with Crippen molar-refractivity contribution in [2.24, 2.45) is 35.5 Å². The number of aliphatic hydroxyl groups is 4. The number of Topliss-reactive ketones (excluding diaryl/α,β-unsaturated/α-hetero) is 3. The van der Waals surface area contributed by atoms with Crippen LogP contribution in [0.3, 0.4) is 0 Å². The highest BCUT2D eigenvalue weighted by Gasteiger charge is 2.53. The number of cyclic esters (lactones) is 1. The first-order valence-electron chi connectivity index (χ1n) is 24.0. The number of allylic oxidation sites excluding steroid dienone is 5. The Balaban J connectivity index is 1.72. The van der Waals surface area contributed by atoms with Gasteiger partial charge in [-0.15, -0.1) is 0 Å². The Hall–Kier alpha value is -3.41. The van der Waals surface area contributed by atoms with Gasteiger partial charge in [0.25, 0.3) is 11.7 Å². The fourth-order valence-corrected chi connectivity index (χ4v) is 10.1. The first-order valence-corrected chi connectivity index (χ1v) is 24.0. The maximum Gasteiger partial charge on any atom is 0.329 e. The SMILES string of the molecule is CO[C@@H]1C[C@@H]2CC[C@@H](C)[C@@](O)(O2)C(=O)C(=O)N2CCCC[C@H]2C(=O)O[C@H]([C@H](C)C[C@@H]2CC[C@@H](O)[C@H](OC)C2)CC(=O)[C@H](C)/C=C(/C)[C@@H](O)[C@@H](OC)C(=O)[C@H](C)C(O)[C@@H](C)/C=C\C=CC=C1C. The number of nitrogens with zero attached hydrogens (tertiary/aromatic N) is 1. The zero-order valence-corrected chi connectivity index (χ0v) is 40.9. The molecule has 15 heteroatoms. The highest BCUT2D eigenvalue weighted by atomic mass is 16.6. The summed E-state index contributed by atoms with van der Waals surface area (Å²) in [5, 5.41) is 45.1. The van der Waals surface area contributed by atoms with E-state index in [1.54, 1.807) is 79.2 Å². The molecule has 16 atom stereocenters. The van der Waals surface area contributed by atoms with Gasteiger partial charge in [-0.3, -0.25) is 19.2 Å². The smallest absolute Gasteiger partial charge is 0.329 e. The fraction of sp³-hybridized carbons (Fsp3) is 0.745. The van der Waals surface area contributed by atoms with Crippen molar-refractivity contribution in [1.82, 2.24) is 4.90 Å². The van der Waals surface area contributed by atoms with E-state index in [0.717, 1.165) is 5.57 Å². The molecule has 3 fully saturated rings. The lowest BCUT2D eigenvalue weighted by molar-refractivity contribution is -0.265. The van der Waals surface area contributed by atoms with E-state index in [1.807, 2.05) is 19.9 Å². The molecule has 1 amide bonds. The van der Waals surface area contributed by atoms with Gasteiger partial charge in [0.2, 0.25) is 5.79 Å². The van der Waals surface area contributed by atoms with Gasteiger partial charge in [0.15, 0.2) is 5.78 Å². The average molecular weight is 930 g/mol. The zero-order chi connectivity index (χ0) is 49.0. The molecule has 4 aliphatic rings. The molecule has 4 N–H and O–H groups in total. The minimum atomic E-state index is -2.45. The van der Waals surface area contributed by atoms with Crippen molar-refractivity contribution in [3.05, 3.63) is 47.6 Å². The normalized spacial score (nSPS) is 39.8. The molecule has 0 radical (unpaired) electrons. The van der Waals surface area contributed by atoms with Crippen molar-refractivity contribution in [2.75, 3.05) is 27.9 Å². The van der Waals surface area contributed by atoms with Crippen LogP contribution in [0.25, 0.3) is 0 Å². The summed E-state index contributed by atoms with van der Waals surface area (Å²) in [7, 11) is 4.41. The Kier molecular flexibility index (Phi) is 21.1. The van der Waals surface area contributed by atoms with Crippen LogP contribution in [0, 0.1) is 35.5 Å². The standard InChI is InChI=1S/C51H79NO14/c1-29-16-12-11-13-17-30(2)44(55)35(7)46(57)47(64-10)45(56)33(5)24-31(3)40(54)28-42(32(4)25-36-20-22-39(53)43(26-36)63-9)65-50(60)38-18-14-15-23-52(38)49(59)48(58)51(61)34(6)19-21-37(66-51)27-41(29)62-8/h11-13,16-17,24,30-32,34-39,41-45,47,53,55-56,61H,14-15,18-23,25-28H2,1-10H3/b12-11?,17-13-,29-16?,33-24-/t30-,31+,32+,34+,35+,36-,37-,38-,39+,41+,42-,43+,44?,45+,47+,51+/m0/s1. The van der Waals surface area contributed by atoms with Gasteiger partial charge in [-0.1, -0.05) is 71.1 Å². The summed E-state index contributed by atoms with van der Waals surface area (Å²) < 4.78 is 29.2. The van der Waals surface area contributed by atoms with E-state index in [1.165, 1.54) is 12.0 Å². The largest absolute Gasteiger partial charge is 0.460 e. The molecule has 15 nitrogen and oxygen atoms in total. The number of amides is 1. The van der Waals surface area contributed by atoms with Gasteiger partial charge >= 0.3 is 5.97 Å². The van der Waals surface area contributed by atoms with Crippen LogP contribution in [-0.4, -0.2) is 143 Å². The lowest BCUT2D eigenvalue weighted by atomic mass is 9.78. The number of fused-ring (bicyclic) bond motifs is 3. The van der Waals surface area contributed by atoms with Gasteiger partial charge < -0.3 is 49.0 Å². The Morgan fingerprint density at radius 1 is 0.848 bits per heavy atom. The predicted octanol–water partition coefficient (Wildman–Crippen LogP) is 5.15. The van der Waals surface area contributed by atoms with Crippen LogP contribution < -0.4 is 0 Å². The number of piperidine rings is 1. The number of rotatable bonds is 6. The molecule has 1 saturated carbocycles. The maximum absolute atomic E-state index is 14.4. The van der Waals surface area contributed by atoms with Gasteiger partial charge in [0, 0.05) is 64.4 Å². The quantitative estimate of drug-likeness (QED) is 0.154. The van der Waals surface area contributed by atoms with Gasteiger partial charge in [0.05, 0.1) is 30.5 Å². The number of methoxy groups -OCH3 is 3. The summed E-state index contributed by atoms with van der Waals surface area (Å²) in [6, 6.07) is -1.16. The number of aliphatic hydroxyl groups excluding tert-OH is 3. The molecule has 0 aromatic carbocycles. The van der Waals surface area contributed by atoms with Crippen molar-refractivity contribution in [2.45, 2.75) is 180 Å².